The number of nitrogens with zero attached hydrogens (tertiary/aromatic N) is 3. The fraction of sp³-hybridized carbons (Fsp3) is 0.231. The number of halogens is 1. The molecule has 0 aliphatic rings. The molecule has 4 rings (SSSR count). The number of carbonyl (C=O) groups excluding carboxylic acids is 1. The van der Waals surface area contributed by atoms with E-state index in [1.54, 1.807) is 30.7 Å². The van der Waals surface area contributed by atoms with Crippen LogP contribution in [0.1, 0.15) is 49.7 Å². The van der Waals surface area contributed by atoms with Crippen molar-refractivity contribution in [2.45, 2.75) is 39.3 Å². The van der Waals surface area contributed by atoms with Crippen molar-refractivity contribution in [2.75, 3.05) is 5.32 Å². The summed E-state index contributed by atoms with van der Waals surface area (Å²) in [6.45, 7) is 7.54. The standard InChI is InChI=1S/C26H25ClN4O2/c1-16(30-21-8-6-5-7-19(21)25(32)33-26(2,3)4)20-13-18(27)14-22-24(20)31-23(15-29-22)17-9-11-28-12-10-17/h5-16,30H,1-4H3. The number of rotatable bonds is 5. The number of para-hydroxylation sites is 1. The number of pyridine rings is 1. The number of fused-ring (bicyclic) bond motifs is 1. The topological polar surface area (TPSA) is 77.0 Å². The van der Waals surface area contributed by atoms with Gasteiger partial charge in [0, 0.05) is 34.2 Å². The highest BCUT2D eigenvalue weighted by atomic mass is 35.5. The molecule has 0 aliphatic carbocycles. The van der Waals surface area contributed by atoms with Crippen LogP contribution >= 0.6 is 11.6 Å². The molecule has 2 heterocycles. The molecule has 0 spiro atoms. The van der Waals surface area contributed by atoms with Crippen LogP contribution < -0.4 is 5.32 Å². The summed E-state index contributed by atoms with van der Waals surface area (Å²) >= 11 is 6.40. The monoisotopic (exact) mass is 460 g/mol. The van der Waals surface area contributed by atoms with Gasteiger partial charge in [-0.2, -0.15) is 0 Å². The van der Waals surface area contributed by atoms with Gasteiger partial charge in [-0.15, -0.1) is 0 Å². The average Bonchev–Trinajstić information content (AvgIpc) is 2.78. The van der Waals surface area contributed by atoms with Crippen molar-refractivity contribution >= 4 is 34.3 Å². The first kappa shape index (κ1) is 22.7. The van der Waals surface area contributed by atoms with Crippen LogP contribution in [0.2, 0.25) is 5.02 Å². The summed E-state index contributed by atoms with van der Waals surface area (Å²) in [7, 11) is 0. The van der Waals surface area contributed by atoms with Crippen molar-refractivity contribution in [3.63, 3.8) is 0 Å². The molecule has 2 aromatic heterocycles. The second-order valence-corrected chi connectivity index (χ2v) is 9.20. The quantitative estimate of drug-likeness (QED) is 0.344. The van der Waals surface area contributed by atoms with Gasteiger partial charge in [0.2, 0.25) is 0 Å². The van der Waals surface area contributed by atoms with Crippen molar-refractivity contribution in [2.24, 2.45) is 0 Å². The Kier molecular flexibility index (Phi) is 6.29. The van der Waals surface area contributed by atoms with Gasteiger partial charge >= 0.3 is 5.97 Å². The predicted octanol–water partition coefficient (Wildman–Crippen LogP) is 6.47. The molecule has 1 atom stereocenters. The van der Waals surface area contributed by atoms with Crippen LogP contribution in [0.25, 0.3) is 22.3 Å². The lowest BCUT2D eigenvalue weighted by atomic mass is 10.0. The lowest BCUT2D eigenvalue weighted by Gasteiger charge is -2.22. The largest absolute Gasteiger partial charge is 0.456 e. The van der Waals surface area contributed by atoms with E-state index < -0.39 is 5.60 Å². The van der Waals surface area contributed by atoms with Gasteiger partial charge < -0.3 is 10.1 Å². The number of anilines is 1. The van der Waals surface area contributed by atoms with Crippen molar-refractivity contribution < 1.29 is 9.53 Å². The minimum Gasteiger partial charge on any atom is -0.456 e. The zero-order chi connectivity index (χ0) is 23.6. The molecule has 33 heavy (non-hydrogen) atoms. The Bertz CT molecular complexity index is 1300. The first-order chi connectivity index (χ1) is 15.7. The lowest BCUT2D eigenvalue weighted by Crippen LogP contribution is -2.24. The molecule has 0 saturated carbocycles. The molecular weight excluding hydrogens is 436 g/mol. The smallest absolute Gasteiger partial charge is 0.340 e. The summed E-state index contributed by atoms with van der Waals surface area (Å²) in [5, 5.41) is 4.00. The minimum atomic E-state index is -0.585. The van der Waals surface area contributed by atoms with Gasteiger partial charge in [0.25, 0.3) is 0 Å². The molecule has 7 heteroatoms. The second-order valence-electron chi connectivity index (χ2n) is 8.77. The molecule has 6 nitrogen and oxygen atoms in total. The van der Waals surface area contributed by atoms with Crippen LogP contribution in [0.4, 0.5) is 5.69 Å². The summed E-state index contributed by atoms with van der Waals surface area (Å²) in [4.78, 5) is 26.3. The fourth-order valence-corrected chi connectivity index (χ4v) is 3.75. The molecule has 0 bridgehead atoms. The predicted molar refractivity (Wildman–Crippen MR) is 131 cm³/mol. The van der Waals surface area contributed by atoms with E-state index in [0.717, 1.165) is 22.3 Å². The number of aromatic nitrogens is 3. The van der Waals surface area contributed by atoms with Crippen LogP contribution in [0.15, 0.2) is 67.1 Å². The van der Waals surface area contributed by atoms with Gasteiger partial charge in [0.1, 0.15) is 5.60 Å². The van der Waals surface area contributed by atoms with E-state index >= 15 is 0 Å². The number of ether oxygens (including phenoxy) is 1. The number of hydrogen-bond donors (Lipinski definition) is 1. The summed E-state index contributed by atoms with van der Waals surface area (Å²) in [5.41, 5.74) is 4.54. The van der Waals surface area contributed by atoms with Crippen LogP contribution in [0.3, 0.4) is 0 Å². The number of nitrogens with one attached hydrogen (secondary N) is 1. The zero-order valence-electron chi connectivity index (χ0n) is 19.0. The first-order valence-electron chi connectivity index (χ1n) is 10.7. The third-order valence-corrected chi connectivity index (χ3v) is 5.22. The van der Waals surface area contributed by atoms with Crippen LogP contribution in [0, 0.1) is 0 Å². The van der Waals surface area contributed by atoms with E-state index in [4.69, 9.17) is 21.3 Å². The summed E-state index contributed by atoms with van der Waals surface area (Å²) in [5.74, 6) is -0.381. The molecule has 0 aliphatic heterocycles. The Labute approximate surface area is 198 Å². The molecule has 0 amide bonds. The molecule has 1 N–H and O–H groups in total. The van der Waals surface area contributed by atoms with Gasteiger partial charge in [0.15, 0.2) is 0 Å². The van der Waals surface area contributed by atoms with E-state index in [-0.39, 0.29) is 12.0 Å². The van der Waals surface area contributed by atoms with Crippen molar-refractivity contribution in [3.05, 3.63) is 83.3 Å². The Morgan fingerprint density at radius 2 is 1.82 bits per heavy atom. The molecular formula is C26H25ClN4O2. The highest BCUT2D eigenvalue weighted by Crippen LogP contribution is 2.31. The number of carbonyl (C=O) groups is 1. The molecule has 0 saturated heterocycles. The van der Waals surface area contributed by atoms with Crippen LogP contribution in [-0.2, 0) is 4.74 Å². The molecule has 0 radical (unpaired) electrons. The maximum atomic E-state index is 12.8. The summed E-state index contributed by atoms with van der Waals surface area (Å²) in [6.07, 6.45) is 5.18. The van der Waals surface area contributed by atoms with E-state index in [1.165, 1.54) is 0 Å². The SMILES string of the molecule is CC(Nc1ccccc1C(=O)OC(C)(C)C)c1cc(Cl)cc2ncc(-c3ccncc3)nc12. The summed E-state index contributed by atoms with van der Waals surface area (Å²) in [6, 6.07) is 14.5. The van der Waals surface area contributed by atoms with Gasteiger partial charge in [-0.25, -0.2) is 9.78 Å². The third-order valence-electron chi connectivity index (χ3n) is 5.00. The maximum Gasteiger partial charge on any atom is 0.340 e. The molecule has 4 aromatic rings. The first-order valence-corrected chi connectivity index (χ1v) is 11.0. The molecule has 168 valence electrons. The van der Waals surface area contributed by atoms with Crippen molar-refractivity contribution in [1.82, 2.24) is 15.0 Å². The Morgan fingerprint density at radius 3 is 2.55 bits per heavy atom. The molecule has 2 aromatic carbocycles. The number of esters is 1. The Morgan fingerprint density at radius 1 is 1.09 bits per heavy atom. The second kappa shape index (κ2) is 9.16. The number of hydrogen-bond acceptors (Lipinski definition) is 6. The Balaban J connectivity index is 1.72. The van der Waals surface area contributed by atoms with Crippen LogP contribution in [0.5, 0.6) is 0 Å². The lowest BCUT2D eigenvalue weighted by molar-refractivity contribution is 0.00706. The van der Waals surface area contributed by atoms with Crippen molar-refractivity contribution in [1.29, 1.82) is 0 Å². The highest BCUT2D eigenvalue weighted by molar-refractivity contribution is 6.31. The molecule has 0 fully saturated rings. The van der Waals surface area contributed by atoms with E-state index in [9.17, 15) is 4.79 Å². The van der Waals surface area contributed by atoms with Gasteiger partial charge in [-0.3, -0.25) is 9.97 Å². The summed E-state index contributed by atoms with van der Waals surface area (Å²) < 4.78 is 5.58. The maximum absolute atomic E-state index is 12.8. The average molecular weight is 461 g/mol. The van der Waals surface area contributed by atoms with Gasteiger partial charge in [-0.1, -0.05) is 23.7 Å². The van der Waals surface area contributed by atoms with Crippen LogP contribution in [-0.4, -0.2) is 26.5 Å². The zero-order valence-corrected chi connectivity index (χ0v) is 19.7. The van der Waals surface area contributed by atoms with E-state index in [0.29, 0.717) is 21.8 Å². The van der Waals surface area contributed by atoms with Crippen molar-refractivity contribution in [3.8, 4) is 11.3 Å². The third kappa shape index (κ3) is 5.29. The van der Waals surface area contributed by atoms with E-state index in [1.807, 2.05) is 64.1 Å². The molecule has 1 unspecified atom stereocenters. The van der Waals surface area contributed by atoms with E-state index in [2.05, 4.69) is 15.3 Å². The minimum absolute atomic E-state index is 0.211. The van der Waals surface area contributed by atoms with Gasteiger partial charge in [-0.05, 0) is 64.1 Å². The highest BCUT2D eigenvalue weighted by Gasteiger charge is 2.22. The Hall–Kier alpha value is -3.51. The number of benzene rings is 2. The fourth-order valence-electron chi connectivity index (χ4n) is 3.53. The normalized spacial score (nSPS) is 12.4. The van der Waals surface area contributed by atoms with Gasteiger partial charge in [0.05, 0.1) is 34.5 Å².